The molecule has 2 aliphatic heterocycles. The van der Waals surface area contributed by atoms with Crippen molar-refractivity contribution in [1.29, 1.82) is 0 Å². The molecule has 4 rings (SSSR count). The minimum absolute atomic E-state index is 0.357. The Kier molecular flexibility index (Phi) is 3.00. The van der Waals surface area contributed by atoms with Crippen molar-refractivity contribution in [2.45, 2.75) is 31.2 Å². The number of ether oxygens (including phenoxy) is 1. The Bertz CT molecular complexity index is 500. The van der Waals surface area contributed by atoms with Crippen molar-refractivity contribution >= 4 is 0 Å². The van der Waals surface area contributed by atoms with E-state index in [1.54, 1.807) is 0 Å². The number of hydrogen-bond acceptors (Lipinski definition) is 3. The third kappa shape index (κ3) is 2.04. The number of fused-ring (bicyclic) bond motifs is 1. The van der Waals surface area contributed by atoms with Crippen LogP contribution in [0.1, 0.15) is 31.2 Å². The Hall–Kier alpha value is -1.06. The number of piperazine rings is 1. The van der Waals surface area contributed by atoms with E-state index >= 15 is 0 Å². The first-order chi connectivity index (χ1) is 9.77. The van der Waals surface area contributed by atoms with Gasteiger partial charge in [-0.2, -0.15) is 0 Å². The normalized spacial score (nSPS) is 33.8. The van der Waals surface area contributed by atoms with Crippen molar-refractivity contribution in [2.24, 2.45) is 5.92 Å². The van der Waals surface area contributed by atoms with Gasteiger partial charge in [0.1, 0.15) is 5.75 Å². The van der Waals surface area contributed by atoms with Gasteiger partial charge in [-0.3, -0.25) is 4.90 Å². The SMILES string of the molecule is CC1(C2CC2)CNCCN1CC1COc2ccccc21. The van der Waals surface area contributed by atoms with Crippen LogP contribution >= 0.6 is 0 Å². The van der Waals surface area contributed by atoms with Crippen LogP contribution in [0.4, 0.5) is 0 Å². The van der Waals surface area contributed by atoms with Gasteiger partial charge in [-0.25, -0.2) is 0 Å². The molecule has 0 aromatic heterocycles. The number of hydrogen-bond donors (Lipinski definition) is 1. The van der Waals surface area contributed by atoms with Gasteiger partial charge >= 0.3 is 0 Å². The average molecular weight is 272 g/mol. The summed E-state index contributed by atoms with van der Waals surface area (Å²) in [5.41, 5.74) is 1.76. The van der Waals surface area contributed by atoms with Crippen LogP contribution in [0.15, 0.2) is 24.3 Å². The fourth-order valence-electron chi connectivity index (χ4n) is 3.98. The molecule has 1 saturated heterocycles. The lowest BCUT2D eigenvalue weighted by atomic mass is 9.89. The molecule has 2 fully saturated rings. The summed E-state index contributed by atoms with van der Waals surface area (Å²) >= 11 is 0. The molecule has 0 bridgehead atoms. The third-order valence-corrected chi connectivity index (χ3v) is 5.46. The van der Waals surface area contributed by atoms with E-state index in [2.05, 4.69) is 41.4 Å². The summed E-state index contributed by atoms with van der Waals surface area (Å²) in [5.74, 6) is 2.54. The van der Waals surface area contributed by atoms with Crippen LogP contribution in [0.25, 0.3) is 0 Å². The van der Waals surface area contributed by atoms with Crippen LogP contribution in [0.3, 0.4) is 0 Å². The minimum Gasteiger partial charge on any atom is -0.493 e. The lowest BCUT2D eigenvalue weighted by molar-refractivity contribution is 0.0478. The molecule has 3 aliphatic rings. The van der Waals surface area contributed by atoms with Crippen LogP contribution < -0.4 is 10.1 Å². The maximum atomic E-state index is 5.85. The zero-order valence-electron chi connectivity index (χ0n) is 12.3. The maximum Gasteiger partial charge on any atom is 0.122 e. The van der Waals surface area contributed by atoms with Crippen molar-refractivity contribution < 1.29 is 4.74 Å². The van der Waals surface area contributed by atoms with Gasteiger partial charge in [0.2, 0.25) is 0 Å². The van der Waals surface area contributed by atoms with Gasteiger partial charge < -0.3 is 10.1 Å². The summed E-state index contributed by atoms with van der Waals surface area (Å²) in [6, 6.07) is 8.55. The van der Waals surface area contributed by atoms with E-state index in [4.69, 9.17) is 4.74 Å². The second-order valence-corrected chi connectivity index (χ2v) is 6.80. The number of nitrogens with one attached hydrogen (secondary N) is 1. The lowest BCUT2D eigenvalue weighted by Crippen LogP contribution is -2.61. The predicted octanol–water partition coefficient (Wildman–Crippen LogP) is 2.24. The standard InChI is InChI=1S/C17H24N2O/c1-17(14-6-7-14)12-18-8-9-19(17)10-13-11-20-16-5-3-2-4-15(13)16/h2-5,13-14,18H,6-12H2,1H3. The first kappa shape index (κ1) is 12.7. The molecular weight excluding hydrogens is 248 g/mol. The van der Waals surface area contributed by atoms with Crippen LogP contribution in [0, 0.1) is 5.92 Å². The number of para-hydroxylation sites is 1. The number of rotatable bonds is 3. The van der Waals surface area contributed by atoms with Crippen molar-refractivity contribution in [2.75, 3.05) is 32.8 Å². The van der Waals surface area contributed by atoms with Crippen molar-refractivity contribution in [3.8, 4) is 5.75 Å². The molecule has 108 valence electrons. The molecule has 1 aromatic carbocycles. The van der Waals surface area contributed by atoms with E-state index in [9.17, 15) is 0 Å². The summed E-state index contributed by atoms with van der Waals surface area (Å²) in [5, 5.41) is 3.60. The lowest BCUT2D eigenvalue weighted by Gasteiger charge is -2.46. The zero-order valence-corrected chi connectivity index (χ0v) is 12.3. The fraction of sp³-hybridized carbons (Fsp3) is 0.647. The van der Waals surface area contributed by atoms with Crippen LogP contribution in [0.5, 0.6) is 5.75 Å². The number of nitrogens with zero attached hydrogens (tertiary/aromatic N) is 1. The van der Waals surface area contributed by atoms with Gasteiger partial charge in [0.05, 0.1) is 6.61 Å². The molecule has 0 spiro atoms. The highest BCUT2D eigenvalue weighted by Gasteiger charge is 2.47. The Balaban J connectivity index is 1.53. The quantitative estimate of drug-likeness (QED) is 0.913. The van der Waals surface area contributed by atoms with E-state index in [-0.39, 0.29) is 0 Å². The first-order valence-electron chi connectivity index (χ1n) is 7.95. The largest absolute Gasteiger partial charge is 0.493 e. The van der Waals surface area contributed by atoms with E-state index < -0.39 is 0 Å². The Morgan fingerprint density at radius 3 is 3.05 bits per heavy atom. The second-order valence-electron chi connectivity index (χ2n) is 6.80. The highest BCUT2D eigenvalue weighted by molar-refractivity contribution is 5.39. The summed E-state index contributed by atoms with van der Waals surface area (Å²) in [7, 11) is 0. The molecule has 1 N–H and O–H groups in total. The van der Waals surface area contributed by atoms with Gasteiger partial charge in [0.25, 0.3) is 0 Å². The highest BCUT2D eigenvalue weighted by Crippen LogP contribution is 2.45. The predicted molar refractivity (Wildman–Crippen MR) is 80.2 cm³/mol. The van der Waals surface area contributed by atoms with Gasteiger partial charge in [-0.1, -0.05) is 18.2 Å². The summed E-state index contributed by atoms with van der Waals surface area (Å²) in [6.07, 6.45) is 2.82. The van der Waals surface area contributed by atoms with E-state index in [1.807, 2.05) is 0 Å². The van der Waals surface area contributed by atoms with Crippen molar-refractivity contribution in [1.82, 2.24) is 10.2 Å². The third-order valence-electron chi connectivity index (χ3n) is 5.46. The van der Waals surface area contributed by atoms with E-state index in [0.29, 0.717) is 11.5 Å². The summed E-state index contributed by atoms with van der Waals surface area (Å²) < 4.78 is 5.85. The number of benzene rings is 1. The van der Waals surface area contributed by atoms with Crippen molar-refractivity contribution in [3.05, 3.63) is 29.8 Å². The fourth-order valence-corrected chi connectivity index (χ4v) is 3.98. The van der Waals surface area contributed by atoms with E-state index in [0.717, 1.165) is 37.9 Å². The first-order valence-corrected chi connectivity index (χ1v) is 7.95. The second kappa shape index (κ2) is 4.74. The average Bonchev–Trinajstić information content (AvgIpc) is 3.25. The van der Waals surface area contributed by atoms with Gasteiger partial charge in [-0.05, 0) is 31.7 Å². The molecule has 1 aromatic rings. The van der Waals surface area contributed by atoms with Crippen LogP contribution in [-0.4, -0.2) is 43.2 Å². The van der Waals surface area contributed by atoms with Crippen molar-refractivity contribution in [3.63, 3.8) is 0 Å². The molecule has 0 radical (unpaired) electrons. The molecule has 1 saturated carbocycles. The van der Waals surface area contributed by atoms with Gasteiger partial charge in [-0.15, -0.1) is 0 Å². The highest BCUT2D eigenvalue weighted by atomic mass is 16.5. The molecule has 20 heavy (non-hydrogen) atoms. The molecule has 3 heteroatoms. The maximum absolute atomic E-state index is 5.85. The monoisotopic (exact) mass is 272 g/mol. The van der Waals surface area contributed by atoms with Crippen LogP contribution in [-0.2, 0) is 0 Å². The Morgan fingerprint density at radius 1 is 1.35 bits per heavy atom. The Labute approximate surface area is 121 Å². The van der Waals surface area contributed by atoms with Crippen LogP contribution in [0.2, 0.25) is 0 Å². The topological polar surface area (TPSA) is 24.5 Å². The molecule has 3 nitrogen and oxygen atoms in total. The smallest absolute Gasteiger partial charge is 0.122 e. The molecule has 2 heterocycles. The molecule has 2 atom stereocenters. The molecule has 2 unspecified atom stereocenters. The van der Waals surface area contributed by atoms with Gasteiger partial charge in [0.15, 0.2) is 0 Å². The summed E-state index contributed by atoms with van der Waals surface area (Å²) in [6.45, 7) is 7.89. The Morgan fingerprint density at radius 2 is 2.20 bits per heavy atom. The van der Waals surface area contributed by atoms with E-state index in [1.165, 1.54) is 24.9 Å². The summed E-state index contributed by atoms with van der Waals surface area (Å²) in [4.78, 5) is 2.73. The minimum atomic E-state index is 0.357. The zero-order chi connectivity index (χ0) is 13.6. The molecular formula is C17H24N2O. The van der Waals surface area contributed by atoms with Gasteiger partial charge in [0, 0.05) is 43.2 Å². The molecule has 0 amide bonds. The molecule has 1 aliphatic carbocycles.